The van der Waals surface area contributed by atoms with Gasteiger partial charge in [0.25, 0.3) is 0 Å². The van der Waals surface area contributed by atoms with Gasteiger partial charge < -0.3 is 19.9 Å². The Hall–Kier alpha value is -2.80. The summed E-state index contributed by atoms with van der Waals surface area (Å²) in [6.07, 6.45) is 1.74. The number of halogens is 1. The number of benzene rings is 1. The van der Waals surface area contributed by atoms with Gasteiger partial charge in [-0.05, 0) is 37.0 Å². The molecule has 5 rings (SSSR count). The molecule has 0 amide bonds. The number of nitrogens with one attached hydrogen (secondary N) is 1. The first-order valence-corrected chi connectivity index (χ1v) is 13.1. The SMILES string of the molecule is CC(C)c1cc(N(C)c2nc(C3CCOCC3)c(C#N)s2)c2cc(N3CCNCC3)cc(F)c2n1. The highest BCUT2D eigenvalue weighted by atomic mass is 32.1. The molecule has 7 nitrogen and oxygen atoms in total. The summed E-state index contributed by atoms with van der Waals surface area (Å²) in [5.41, 5.74) is 3.78. The summed E-state index contributed by atoms with van der Waals surface area (Å²) < 4.78 is 21.0. The highest BCUT2D eigenvalue weighted by molar-refractivity contribution is 7.16. The van der Waals surface area contributed by atoms with E-state index in [1.807, 2.05) is 24.1 Å². The van der Waals surface area contributed by atoms with Crippen LogP contribution in [0.4, 0.5) is 20.9 Å². The number of anilines is 3. The van der Waals surface area contributed by atoms with Gasteiger partial charge in [-0.25, -0.2) is 14.4 Å². The van der Waals surface area contributed by atoms with E-state index >= 15 is 4.39 Å². The lowest BCUT2D eigenvalue weighted by molar-refractivity contribution is 0.0846. The Kier molecular flexibility index (Phi) is 6.87. The Morgan fingerprint density at radius 3 is 2.63 bits per heavy atom. The van der Waals surface area contributed by atoms with Crippen LogP contribution in [-0.2, 0) is 4.74 Å². The predicted octanol–water partition coefficient (Wildman–Crippen LogP) is 4.90. The lowest BCUT2D eigenvalue weighted by Crippen LogP contribution is -2.43. The maximum atomic E-state index is 15.5. The molecule has 1 aromatic carbocycles. The first-order valence-electron chi connectivity index (χ1n) is 12.3. The van der Waals surface area contributed by atoms with Gasteiger partial charge in [0, 0.05) is 69.1 Å². The van der Waals surface area contributed by atoms with Gasteiger partial charge in [-0.15, -0.1) is 0 Å². The van der Waals surface area contributed by atoms with E-state index in [4.69, 9.17) is 14.7 Å². The third kappa shape index (κ3) is 4.70. The van der Waals surface area contributed by atoms with Crippen LogP contribution in [-0.4, -0.2) is 56.4 Å². The van der Waals surface area contributed by atoms with Gasteiger partial charge in [-0.2, -0.15) is 5.26 Å². The highest BCUT2D eigenvalue weighted by Crippen LogP contribution is 2.40. The number of nitriles is 1. The van der Waals surface area contributed by atoms with E-state index in [9.17, 15) is 5.26 Å². The smallest absolute Gasteiger partial charge is 0.191 e. The zero-order chi connectivity index (χ0) is 24.5. The molecular weight excluding hydrogens is 463 g/mol. The summed E-state index contributed by atoms with van der Waals surface area (Å²) in [7, 11) is 1.95. The van der Waals surface area contributed by atoms with Crippen molar-refractivity contribution < 1.29 is 9.13 Å². The van der Waals surface area contributed by atoms with Crippen molar-refractivity contribution in [2.75, 3.05) is 56.2 Å². The normalized spacial score (nSPS) is 17.2. The predicted molar refractivity (Wildman–Crippen MR) is 139 cm³/mol. The summed E-state index contributed by atoms with van der Waals surface area (Å²) in [5.74, 6) is 0.0597. The molecule has 0 atom stereocenters. The van der Waals surface area contributed by atoms with E-state index in [-0.39, 0.29) is 17.7 Å². The number of pyridine rings is 1. The standard InChI is InChI=1S/C26H31FN6OS/c1-16(2)21-14-22(19-12-18(13-20(27)25(19)30-21)33-8-6-29-7-9-33)32(3)26-31-24(23(15-28)35-26)17-4-10-34-11-5-17/h12-14,16-17,29H,4-11H2,1-3H3. The van der Waals surface area contributed by atoms with Crippen LogP contribution in [0.3, 0.4) is 0 Å². The van der Waals surface area contributed by atoms with Crippen molar-refractivity contribution in [3.63, 3.8) is 0 Å². The second kappa shape index (κ2) is 10.1. The first-order chi connectivity index (χ1) is 17.0. The molecule has 35 heavy (non-hydrogen) atoms. The molecule has 0 radical (unpaired) electrons. The maximum Gasteiger partial charge on any atom is 0.191 e. The summed E-state index contributed by atoms with van der Waals surface area (Å²) in [4.78, 5) is 14.5. The number of thiazole rings is 1. The van der Waals surface area contributed by atoms with Gasteiger partial charge >= 0.3 is 0 Å². The van der Waals surface area contributed by atoms with Gasteiger partial charge in [0.05, 0.1) is 11.4 Å². The van der Waals surface area contributed by atoms with Crippen LogP contribution in [0.1, 0.15) is 54.8 Å². The fourth-order valence-corrected chi connectivity index (χ4v) is 5.77. The molecule has 0 unspecified atom stereocenters. The largest absolute Gasteiger partial charge is 0.381 e. The molecule has 2 aliphatic heterocycles. The zero-order valence-electron chi connectivity index (χ0n) is 20.5. The van der Waals surface area contributed by atoms with Gasteiger partial charge in [0.1, 0.15) is 16.5 Å². The molecule has 0 bridgehead atoms. The fraction of sp³-hybridized carbons (Fsp3) is 0.500. The minimum Gasteiger partial charge on any atom is -0.381 e. The third-order valence-corrected chi connectivity index (χ3v) is 7.98. The Morgan fingerprint density at radius 1 is 1.20 bits per heavy atom. The summed E-state index contributed by atoms with van der Waals surface area (Å²) >= 11 is 1.40. The molecule has 3 aromatic rings. The number of piperazine rings is 1. The Balaban J connectivity index is 1.62. The lowest BCUT2D eigenvalue weighted by Gasteiger charge is -2.30. The van der Waals surface area contributed by atoms with E-state index in [0.717, 1.165) is 72.3 Å². The minimum atomic E-state index is -0.312. The fourth-order valence-electron chi connectivity index (χ4n) is 4.85. The lowest BCUT2D eigenvalue weighted by atomic mass is 9.96. The number of fused-ring (bicyclic) bond motifs is 1. The molecule has 2 aromatic heterocycles. The van der Waals surface area contributed by atoms with Crippen LogP contribution in [0.15, 0.2) is 18.2 Å². The van der Waals surface area contributed by atoms with Crippen LogP contribution in [0.5, 0.6) is 0 Å². The minimum absolute atomic E-state index is 0.141. The Morgan fingerprint density at radius 2 is 1.94 bits per heavy atom. The van der Waals surface area contributed by atoms with E-state index in [1.54, 1.807) is 6.07 Å². The van der Waals surface area contributed by atoms with E-state index in [0.29, 0.717) is 23.6 Å². The van der Waals surface area contributed by atoms with Crippen molar-refractivity contribution >= 4 is 38.7 Å². The van der Waals surface area contributed by atoms with E-state index < -0.39 is 0 Å². The molecule has 9 heteroatoms. The van der Waals surface area contributed by atoms with Gasteiger partial charge in [-0.3, -0.25) is 0 Å². The second-order valence-electron chi connectivity index (χ2n) is 9.55. The number of aromatic nitrogens is 2. The Labute approximate surface area is 209 Å². The van der Waals surface area contributed by atoms with Crippen LogP contribution < -0.4 is 15.1 Å². The average molecular weight is 495 g/mol. The van der Waals surface area contributed by atoms with Crippen LogP contribution in [0, 0.1) is 17.1 Å². The number of hydrogen-bond acceptors (Lipinski definition) is 8. The molecule has 0 spiro atoms. The first kappa shape index (κ1) is 23.9. The number of rotatable bonds is 5. The Bertz CT molecular complexity index is 1260. The maximum absolute atomic E-state index is 15.5. The van der Waals surface area contributed by atoms with Gasteiger partial charge in [0.2, 0.25) is 0 Å². The van der Waals surface area contributed by atoms with E-state index in [2.05, 4.69) is 30.1 Å². The number of hydrogen-bond donors (Lipinski definition) is 1. The molecule has 2 saturated heterocycles. The van der Waals surface area contributed by atoms with Crippen molar-refractivity contribution in [2.24, 2.45) is 0 Å². The molecular formula is C26H31FN6OS. The molecule has 4 heterocycles. The van der Waals surface area contributed by atoms with Crippen molar-refractivity contribution in [2.45, 2.75) is 38.5 Å². The van der Waals surface area contributed by atoms with Crippen molar-refractivity contribution in [3.05, 3.63) is 40.3 Å². The molecule has 0 saturated carbocycles. The molecule has 184 valence electrons. The van der Waals surface area contributed by atoms with Crippen LogP contribution in [0.2, 0.25) is 0 Å². The summed E-state index contributed by atoms with van der Waals surface area (Å²) in [6.45, 7) is 8.93. The highest BCUT2D eigenvalue weighted by Gasteiger charge is 2.26. The molecule has 2 aliphatic rings. The van der Waals surface area contributed by atoms with Crippen molar-refractivity contribution in [1.82, 2.24) is 15.3 Å². The summed E-state index contributed by atoms with van der Waals surface area (Å²) in [5, 5.41) is 14.7. The van der Waals surface area contributed by atoms with Crippen LogP contribution >= 0.6 is 11.3 Å². The zero-order valence-corrected chi connectivity index (χ0v) is 21.3. The third-order valence-electron chi connectivity index (χ3n) is 6.92. The number of ether oxygens (including phenoxy) is 1. The molecule has 1 N–H and O–H groups in total. The topological polar surface area (TPSA) is 77.3 Å². The second-order valence-corrected chi connectivity index (χ2v) is 10.5. The number of nitrogens with zero attached hydrogens (tertiary/aromatic N) is 5. The summed E-state index contributed by atoms with van der Waals surface area (Å²) in [6, 6.07) is 8.04. The van der Waals surface area contributed by atoms with Crippen molar-refractivity contribution in [3.8, 4) is 6.07 Å². The quantitative estimate of drug-likeness (QED) is 0.541. The monoisotopic (exact) mass is 494 g/mol. The molecule has 2 fully saturated rings. The van der Waals surface area contributed by atoms with Gasteiger partial charge in [0.15, 0.2) is 10.9 Å². The van der Waals surface area contributed by atoms with Crippen molar-refractivity contribution in [1.29, 1.82) is 5.26 Å². The van der Waals surface area contributed by atoms with Crippen LogP contribution in [0.25, 0.3) is 10.9 Å². The van der Waals surface area contributed by atoms with Gasteiger partial charge in [-0.1, -0.05) is 25.2 Å². The average Bonchev–Trinajstić information content (AvgIpc) is 3.33. The molecule has 0 aliphatic carbocycles. The van der Waals surface area contributed by atoms with E-state index in [1.165, 1.54) is 11.3 Å².